The van der Waals surface area contributed by atoms with E-state index in [-0.39, 0.29) is 11.6 Å². The minimum absolute atomic E-state index is 0.110. The Bertz CT molecular complexity index is 1190. The number of aliphatic imine (C=N–C) groups is 1. The van der Waals surface area contributed by atoms with Gasteiger partial charge in [0.15, 0.2) is 0 Å². The second-order valence-electron chi connectivity index (χ2n) is 6.53. The first-order chi connectivity index (χ1) is 15.6. The van der Waals surface area contributed by atoms with E-state index in [1.807, 2.05) is 6.07 Å². The van der Waals surface area contributed by atoms with Gasteiger partial charge >= 0.3 is 0 Å². The maximum atomic E-state index is 13.4. The number of benzene rings is 1. The van der Waals surface area contributed by atoms with Gasteiger partial charge in [0, 0.05) is 30.4 Å². The quantitative estimate of drug-likeness (QED) is 0.633. The van der Waals surface area contributed by atoms with Crippen molar-refractivity contribution in [2.24, 2.45) is 4.99 Å². The largest absolute Gasteiger partial charge is 0.305 e. The SMILES string of the molecule is O=C(Nc1ccc(Cl)cn1)c1cc(N(C(=O)c2ccccc2)N2C=CC=CN=C2)ccn1. The summed E-state index contributed by atoms with van der Waals surface area (Å²) in [6, 6.07) is 15.2. The predicted octanol–water partition coefficient (Wildman–Crippen LogP) is 4.32. The standard InChI is InChI=1S/C23H17ClN6O2/c24-18-8-9-21(27-15-18)28-22(31)20-14-19(10-12-26-20)30(29-13-5-4-11-25-16-29)23(32)17-6-2-1-3-7-17/h1-16H,(H,27,28,31). The Hall–Kier alpha value is -4.30. The van der Waals surface area contributed by atoms with Crippen molar-refractivity contribution >= 4 is 41.3 Å². The van der Waals surface area contributed by atoms with Crippen LogP contribution in [0.15, 0.2) is 96.5 Å². The van der Waals surface area contributed by atoms with Crippen LogP contribution in [0.25, 0.3) is 0 Å². The molecule has 4 rings (SSSR count). The topological polar surface area (TPSA) is 90.8 Å². The number of halogens is 1. The number of allylic oxidation sites excluding steroid dienone is 2. The van der Waals surface area contributed by atoms with Crippen LogP contribution in [0.5, 0.6) is 0 Å². The molecule has 0 fully saturated rings. The van der Waals surface area contributed by atoms with Gasteiger partial charge in [-0.25, -0.2) is 20.0 Å². The summed E-state index contributed by atoms with van der Waals surface area (Å²) in [5.74, 6) is -0.450. The molecule has 0 spiro atoms. The summed E-state index contributed by atoms with van der Waals surface area (Å²) in [7, 11) is 0. The molecule has 0 radical (unpaired) electrons. The highest BCUT2D eigenvalue weighted by atomic mass is 35.5. The second-order valence-corrected chi connectivity index (χ2v) is 6.96. The molecule has 2 amide bonds. The van der Waals surface area contributed by atoms with E-state index in [0.29, 0.717) is 22.1 Å². The normalized spacial score (nSPS) is 12.3. The molecule has 158 valence electrons. The maximum Gasteiger partial charge on any atom is 0.277 e. The van der Waals surface area contributed by atoms with E-state index in [2.05, 4.69) is 20.3 Å². The van der Waals surface area contributed by atoms with Gasteiger partial charge in [-0.3, -0.25) is 14.6 Å². The van der Waals surface area contributed by atoms with Crippen LogP contribution in [-0.2, 0) is 0 Å². The van der Waals surface area contributed by atoms with Gasteiger partial charge in [-0.05, 0) is 48.6 Å². The molecule has 1 aliphatic heterocycles. The Morgan fingerprint density at radius 1 is 1.00 bits per heavy atom. The highest BCUT2D eigenvalue weighted by molar-refractivity contribution is 6.30. The molecule has 1 aliphatic rings. The number of hydrazine groups is 1. The van der Waals surface area contributed by atoms with Crippen molar-refractivity contribution in [2.45, 2.75) is 0 Å². The molecule has 3 heterocycles. The lowest BCUT2D eigenvalue weighted by Gasteiger charge is -2.30. The fraction of sp³-hybridized carbons (Fsp3) is 0. The zero-order valence-corrected chi connectivity index (χ0v) is 17.4. The molecule has 1 N–H and O–H groups in total. The third kappa shape index (κ3) is 4.88. The van der Waals surface area contributed by atoms with E-state index in [0.717, 1.165) is 0 Å². The van der Waals surface area contributed by atoms with Gasteiger partial charge in [0.25, 0.3) is 11.8 Å². The van der Waals surface area contributed by atoms with Gasteiger partial charge in [0.1, 0.15) is 17.9 Å². The monoisotopic (exact) mass is 444 g/mol. The van der Waals surface area contributed by atoms with Gasteiger partial charge in [0.05, 0.1) is 10.7 Å². The van der Waals surface area contributed by atoms with Crippen molar-refractivity contribution in [1.82, 2.24) is 15.0 Å². The average Bonchev–Trinajstić information content (AvgIpc) is 3.11. The minimum Gasteiger partial charge on any atom is -0.305 e. The lowest BCUT2D eigenvalue weighted by Crippen LogP contribution is -2.43. The number of pyridine rings is 2. The summed E-state index contributed by atoms with van der Waals surface area (Å²) in [5.41, 5.74) is 1.01. The van der Waals surface area contributed by atoms with Crippen LogP contribution in [0.2, 0.25) is 5.02 Å². The fourth-order valence-corrected chi connectivity index (χ4v) is 2.98. The Labute approximate surface area is 189 Å². The van der Waals surface area contributed by atoms with Crippen LogP contribution in [0.3, 0.4) is 0 Å². The van der Waals surface area contributed by atoms with E-state index in [4.69, 9.17) is 11.6 Å². The van der Waals surface area contributed by atoms with Gasteiger partial charge < -0.3 is 5.32 Å². The zero-order valence-electron chi connectivity index (χ0n) is 16.7. The molecule has 8 nitrogen and oxygen atoms in total. The molecule has 0 bridgehead atoms. The average molecular weight is 445 g/mol. The number of amides is 2. The number of nitrogens with zero attached hydrogens (tertiary/aromatic N) is 5. The van der Waals surface area contributed by atoms with Gasteiger partial charge in [-0.1, -0.05) is 29.8 Å². The van der Waals surface area contributed by atoms with Gasteiger partial charge in [-0.15, -0.1) is 0 Å². The first kappa shape index (κ1) is 21.0. The number of hydrogen-bond donors (Lipinski definition) is 1. The van der Waals surface area contributed by atoms with Gasteiger partial charge in [-0.2, -0.15) is 0 Å². The number of carbonyl (C=O) groups is 2. The molecule has 32 heavy (non-hydrogen) atoms. The Morgan fingerprint density at radius 3 is 2.62 bits per heavy atom. The van der Waals surface area contributed by atoms with Crippen LogP contribution in [-0.4, -0.2) is 33.1 Å². The van der Waals surface area contributed by atoms with E-state index >= 15 is 0 Å². The summed E-state index contributed by atoms with van der Waals surface area (Å²) >= 11 is 5.84. The Balaban J connectivity index is 1.67. The molecule has 0 atom stereocenters. The second kappa shape index (κ2) is 9.67. The smallest absolute Gasteiger partial charge is 0.277 e. The van der Waals surface area contributed by atoms with Crippen molar-refractivity contribution in [1.29, 1.82) is 0 Å². The summed E-state index contributed by atoms with van der Waals surface area (Å²) in [6.07, 6.45) is 11.2. The van der Waals surface area contributed by atoms with Crippen LogP contribution in [0, 0.1) is 0 Å². The van der Waals surface area contributed by atoms with E-state index in [1.54, 1.807) is 67.0 Å². The summed E-state index contributed by atoms with van der Waals surface area (Å²) in [6.45, 7) is 0. The molecule has 0 unspecified atom stereocenters. The lowest BCUT2D eigenvalue weighted by atomic mass is 10.2. The Morgan fingerprint density at radius 2 is 1.84 bits per heavy atom. The highest BCUT2D eigenvalue weighted by Crippen LogP contribution is 2.21. The van der Waals surface area contributed by atoms with Crippen molar-refractivity contribution < 1.29 is 9.59 Å². The van der Waals surface area contributed by atoms with Crippen LogP contribution < -0.4 is 10.3 Å². The van der Waals surface area contributed by atoms with E-state index in [9.17, 15) is 9.59 Å². The summed E-state index contributed by atoms with van der Waals surface area (Å²) in [5, 5.41) is 6.06. The van der Waals surface area contributed by atoms with Crippen molar-refractivity contribution in [2.75, 3.05) is 10.3 Å². The molecule has 0 saturated carbocycles. The molecule has 3 aromatic rings. The molecule has 1 aromatic carbocycles. The number of carbonyl (C=O) groups excluding carboxylic acids is 2. The molecule has 2 aromatic heterocycles. The van der Waals surface area contributed by atoms with Crippen molar-refractivity contribution in [3.63, 3.8) is 0 Å². The molecular formula is C23H17ClN6O2. The summed E-state index contributed by atoms with van der Waals surface area (Å²) < 4.78 is 0. The zero-order chi connectivity index (χ0) is 22.3. The minimum atomic E-state index is -0.476. The molecule has 0 aliphatic carbocycles. The van der Waals surface area contributed by atoms with Crippen LogP contribution in [0.1, 0.15) is 20.8 Å². The predicted molar refractivity (Wildman–Crippen MR) is 123 cm³/mol. The van der Waals surface area contributed by atoms with Crippen LogP contribution >= 0.6 is 11.6 Å². The summed E-state index contributed by atoms with van der Waals surface area (Å²) in [4.78, 5) is 38.5. The lowest BCUT2D eigenvalue weighted by molar-refractivity contribution is 0.0952. The number of anilines is 2. The number of rotatable bonds is 5. The maximum absolute atomic E-state index is 13.4. The van der Waals surface area contributed by atoms with E-state index < -0.39 is 5.91 Å². The van der Waals surface area contributed by atoms with Gasteiger partial charge in [0.2, 0.25) is 0 Å². The highest BCUT2D eigenvalue weighted by Gasteiger charge is 2.23. The number of hydrogen-bond acceptors (Lipinski definition) is 6. The molecule has 0 saturated heterocycles. The molecular weight excluding hydrogens is 428 g/mol. The fourth-order valence-electron chi connectivity index (χ4n) is 2.86. The van der Waals surface area contributed by atoms with Crippen LogP contribution in [0.4, 0.5) is 11.5 Å². The first-order valence-corrected chi connectivity index (χ1v) is 9.93. The Kier molecular flexibility index (Phi) is 6.33. The third-order valence-corrected chi connectivity index (χ3v) is 4.56. The van der Waals surface area contributed by atoms with Crippen molar-refractivity contribution in [3.05, 3.63) is 108 Å². The molecule has 9 heteroatoms. The van der Waals surface area contributed by atoms with Crippen molar-refractivity contribution in [3.8, 4) is 0 Å². The van der Waals surface area contributed by atoms with E-state index in [1.165, 1.54) is 34.8 Å². The third-order valence-electron chi connectivity index (χ3n) is 4.34. The number of aromatic nitrogens is 2. The first-order valence-electron chi connectivity index (χ1n) is 9.55. The number of nitrogens with one attached hydrogen (secondary N) is 1.